The molecule has 1 N–H and O–H groups in total. The molecule has 0 unspecified atom stereocenters. The van der Waals surface area contributed by atoms with E-state index in [2.05, 4.69) is 10.1 Å². The van der Waals surface area contributed by atoms with E-state index in [-0.39, 0.29) is 39.4 Å². The minimum absolute atomic E-state index is 0.00678. The van der Waals surface area contributed by atoms with Crippen molar-refractivity contribution in [2.24, 2.45) is 0 Å². The fourth-order valence-electron chi connectivity index (χ4n) is 3.81. The normalized spacial score (nSPS) is 12.2. The maximum atomic E-state index is 13.7. The van der Waals surface area contributed by atoms with Crippen molar-refractivity contribution < 1.29 is 49.5 Å². The van der Waals surface area contributed by atoms with E-state index in [1.54, 1.807) is 0 Å². The number of alkyl halides is 6. The Morgan fingerprint density at radius 1 is 0.875 bits per heavy atom. The van der Waals surface area contributed by atoms with E-state index >= 15 is 0 Å². The Morgan fingerprint density at radius 2 is 1.60 bits per heavy atom. The number of fused-ring (bicyclic) bond motifs is 1. The topological polar surface area (TPSA) is 98.6 Å². The van der Waals surface area contributed by atoms with E-state index in [9.17, 15) is 40.6 Å². The van der Waals surface area contributed by atoms with Crippen LogP contribution in [0, 0.1) is 5.82 Å². The molecule has 0 spiro atoms. The van der Waals surface area contributed by atoms with Crippen molar-refractivity contribution in [1.29, 1.82) is 0 Å². The Balaban J connectivity index is 1.45. The van der Waals surface area contributed by atoms with Crippen molar-refractivity contribution in [3.63, 3.8) is 0 Å². The van der Waals surface area contributed by atoms with Crippen LogP contribution in [0.1, 0.15) is 17.1 Å². The number of nitrogens with zero attached hydrogens (tertiary/aromatic N) is 2. The number of halogens is 7. The standard InChI is InChI=1S/C26H13F7N2O5/c27-15-8-13(7-14(9-15)25(28,29)30)24-34-20(35-40-24)11-38-17-5-6-19-18(10-17)22(37)21(23(39-19)26(31,32)33)12-1-3-16(36)4-2-12/h1-10,36H,11H2. The molecule has 0 saturated heterocycles. The molecular weight excluding hydrogens is 553 g/mol. The summed E-state index contributed by atoms with van der Waals surface area (Å²) in [5.41, 5.74) is -3.88. The molecule has 2 aromatic heterocycles. The largest absolute Gasteiger partial charge is 0.508 e. The first-order valence-electron chi connectivity index (χ1n) is 11.1. The highest BCUT2D eigenvalue weighted by molar-refractivity contribution is 5.84. The first-order valence-corrected chi connectivity index (χ1v) is 11.1. The highest BCUT2D eigenvalue weighted by atomic mass is 19.4. The summed E-state index contributed by atoms with van der Waals surface area (Å²) >= 11 is 0. The summed E-state index contributed by atoms with van der Waals surface area (Å²) in [6, 6.07) is 9.65. The average Bonchev–Trinajstić information content (AvgIpc) is 3.36. The van der Waals surface area contributed by atoms with Crippen LogP contribution in [-0.2, 0) is 19.0 Å². The fourth-order valence-corrected chi connectivity index (χ4v) is 3.81. The molecule has 0 aliphatic rings. The van der Waals surface area contributed by atoms with Crippen LogP contribution in [0.3, 0.4) is 0 Å². The molecule has 0 aliphatic carbocycles. The molecule has 0 amide bonds. The van der Waals surface area contributed by atoms with Gasteiger partial charge in [0.05, 0.1) is 16.5 Å². The van der Waals surface area contributed by atoms with Gasteiger partial charge in [-0.3, -0.25) is 4.79 Å². The number of hydrogen-bond acceptors (Lipinski definition) is 7. The molecule has 0 aliphatic heterocycles. The van der Waals surface area contributed by atoms with Gasteiger partial charge >= 0.3 is 12.4 Å². The highest BCUT2D eigenvalue weighted by Gasteiger charge is 2.39. The third kappa shape index (κ3) is 5.32. The third-order valence-corrected chi connectivity index (χ3v) is 5.58. The minimum Gasteiger partial charge on any atom is -0.508 e. The van der Waals surface area contributed by atoms with Gasteiger partial charge in [-0.2, -0.15) is 31.3 Å². The van der Waals surface area contributed by atoms with Gasteiger partial charge in [0, 0.05) is 5.56 Å². The van der Waals surface area contributed by atoms with Crippen molar-refractivity contribution >= 4 is 11.0 Å². The second-order valence-electron chi connectivity index (χ2n) is 8.37. The Morgan fingerprint density at radius 3 is 2.27 bits per heavy atom. The number of phenolic OH excluding ortho intramolecular Hbond substituents is 1. The monoisotopic (exact) mass is 566 g/mol. The predicted octanol–water partition coefficient (Wildman–Crippen LogP) is 6.97. The number of rotatable bonds is 5. The first kappa shape index (κ1) is 26.7. The van der Waals surface area contributed by atoms with E-state index in [4.69, 9.17) is 13.7 Å². The lowest BCUT2D eigenvalue weighted by molar-refractivity contribution is -0.152. The smallest absolute Gasteiger partial charge is 0.450 e. The molecule has 0 bridgehead atoms. The van der Waals surface area contributed by atoms with Gasteiger partial charge in [-0.25, -0.2) is 4.39 Å². The molecule has 2 heterocycles. The quantitative estimate of drug-likeness (QED) is 0.230. The Kier molecular flexibility index (Phi) is 6.48. The van der Waals surface area contributed by atoms with Gasteiger partial charge in [0.25, 0.3) is 5.89 Å². The van der Waals surface area contributed by atoms with Gasteiger partial charge in [0.1, 0.15) is 22.9 Å². The van der Waals surface area contributed by atoms with Crippen LogP contribution in [-0.4, -0.2) is 15.2 Å². The molecule has 0 saturated carbocycles. The van der Waals surface area contributed by atoms with Crippen molar-refractivity contribution in [1.82, 2.24) is 10.1 Å². The van der Waals surface area contributed by atoms with Crippen LogP contribution < -0.4 is 10.2 Å². The van der Waals surface area contributed by atoms with Crippen LogP contribution in [0.25, 0.3) is 33.6 Å². The highest BCUT2D eigenvalue weighted by Crippen LogP contribution is 2.38. The summed E-state index contributed by atoms with van der Waals surface area (Å²) in [7, 11) is 0. The Bertz CT molecular complexity index is 1770. The number of aromatic nitrogens is 2. The average molecular weight is 566 g/mol. The molecule has 7 nitrogen and oxygen atoms in total. The van der Waals surface area contributed by atoms with Gasteiger partial charge in [-0.05, 0) is 54.1 Å². The van der Waals surface area contributed by atoms with Crippen molar-refractivity contribution in [3.05, 3.63) is 93.9 Å². The van der Waals surface area contributed by atoms with Crippen LogP contribution in [0.2, 0.25) is 0 Å². The molecule has 5 rings (SSSR count). The molecule has 206 valence electrons. The maximum absolute atomic E-state index is 13.7. The van der Waals surface area contributed by atoms with Crippen LogP contribution in [0.15, 0.2) is 74.4 Å². The SMILES string of the molecule is O=c1c(-c2ccc(O)cc2)c(C(F)(F)F)oc2ccc(OCc3noc(-c4cc(F)cc(C(F)(F)F)c4)n3)cc12. The summed E-state index contributed by atoms with van der Waals surface area (Å²) in [6.45, 7) is -0.423. The molecular formula is C26H13F7N2O5. The zero-order valence-corrected chi connectivity index (χ0v) is 19.6. The van der Waals surface area contributed by atoms with Gasteiger partial charge in [0.2, 0.25) is 17.0 Å². The number of benzene rings is 3. The van der Waals surface area contributed by atoms with Crippen LogP contribution >= 0.6 is 0 Å². The van der Waals surface area contributed by atoms with Crippen molar-refractivity contribution in [3.8, 4) is 34.1 Å². The predicted molar refractivity (Wildman–Crippen MR) is 124 cm³/mol. The number of aromatic hydroxyl groups is 1. The van der Waals surface area contributed by atoms with Gasteiger partial charge < -0.3 is 18.8 Å². The lowest BCUT2D eigenvalue weighted by atomic mass is 10.0. The number of hydrogen-bond donors (Lipinski definition) is 1. The van der Waals surface area contributed by atoms with Gasteiger partial charge in [-0.15, -0.1) is 0 Å². The second-order valence-corrected chi connectivity index (χ2v) is 8.37. The molecule has 40 heavy (non-hydrogen) atoms. The summed E-state index contributed by atoms with van der Waals surface area (Å²) in [5.74, 6) is -3.49. The molecule has 0 atom stereocenters. The van der Waals surface area contributed by atoms with E-state index in [1.807, 2.05) is 0 Å². The van der Waals surface area contributed by atoms with E-state index in [0.717, 1.165) is 42.5 Å². The number of phenols is 1. The molecule has 0 fully saturated rings. The van der Waals surface area contributed by atoms with E-state index in [0.29, 0.717) is 12.1 Å². The summed E-state index contributed by atoms with van der Waals surface area (Å²) in [5, 5.41) is 12.8. The van der Waals surface area contributed by atoms with E-state index < -0.39 is 53.0 Å². The maximum Gasteiger partial charge on any atom is 0.450 e. The zero-order chi connectivity index (χ0) is 28.8. The second kappa shape index (κ2) is 9.70. The zero-order valence-electron chi connectivity index (χ0n) is 19.6. The molecule has 0 radical (unpaired) electrons. The first-order chi connectivity index (χ1) is 18.8. The van der Waals surface area contributed by atoms with Crippen molar-refractivity contribution in [2.75, 3.05) is 0 Å². The molecule has 14 heteroatoms. The lowest BCUT2D eigenvalue weighted by Crippen LogP contribution is -2.16. The van der Waals surface area contributed by atoms with E-state index in [1.165, 1.54) is 6.07 Å². The lowest BCUT2D eigenvalue weighted by Gasteiger charge is -2.13. The minimum atomic E-state index is -5.01. The van der Waals surface area contributed by atoms with Gasteiger partial charge in [0.15, 0.2) is 6.61 Å². The van der Waals surface area contributed by atoms with Gasteiger partial charge in [-0.1, -0.05) is 17.3 Å². The summed E-state index contributed by atoms with van der Waals surface area (Å²) < 4.78 is 109. The molecule has 5 aromatic rings. The number of ether oxygens (including phenoxy) is 1. The Hall–Kier alpha value is -4.88. The fraction of sp³-hybridized carbons (Fsp3) is 0.115. The summed E-state index contributed by atoms with van der Waals surface area (Å²) in [4.78, 5) is 17.0. The third-order valence-electron chi connectivity index (χ3n) is 5.58. The van der Waals surface area contributed by atoms with Crippen LogP contribution in [0.4, 0.5) is 30.7 Å². The molecule has 3 aromatic carbocycles. The van der Waals surface area contributed by atoms with Crippen molar-refractivity contribution in [2.45, 2.75) is 19.0 Å². The summed E-state index contributed by atoms with van der Waals surface area (Å²) in [6.07, 6.45) is -9.82. The van der Waals surface area contributed by atoms with Crippen LogP contribution in [0.5, 0.6) is 11.5 Å². The Labute approximate surface area is 218 Å².